The van der Waals surface area contributed by atoms with Crippen LogP contribution in [0.1, 0.15) is 75.5 Å². The minimum absolute atomic E-state index is 0.0135. The number of benzene rings is 3. The summed E-state index contributed by atoms with van der Waals surface area (Å²) < 4.78 is 2.25. The summed E-state index contributed by atoms with van der Waals surface area (Å²) in [4.78, 5) is 34.3. The van der Waals surface area contributed by atoms with Crippen molar-refractivity contribution in [2.75, 3.05) is 13.1 Å². The van der Waals surface area contributed by atoms with Crippen LogP contribution in [0.2, 0.25) is 0 Å². The van der Waals surface area contributed by atoms with Crippen molar-refractivity contribution in [1.29, 1.82) is 0 Å². The van der Waals surface area contributed by atoms with E-state index in [1.807, 2.05) is 97.0 Å². The summed E-state index contributed by atoms with van der Waals surface area (Å²) in [6, 6.07) is 19.8. The Balaban J connectivity index is 1.74. The quantitative estimate of drug-likeness (QED) is 0.0913. The molecule has 4 aromatic rings. The van der Waals surface area contributed by atoms with Gasteiger partial charge in [-0.3, -0.25) is 9.69 Å². The number of aromatic nitrogens is 1. The molecule has 0 bridgehead atoms. The van der Waals surface area contributed by atoms with E-state index >= 15 is 0 Å². The fourth-order valence-electron chi connectivity index (χ4n) is 5.66. The minimum atomic E-state index is -0.772. The summed E-state index contributed by atoms with van der Waals surface area (Å²) in [5, 5.41) is 6.33. The van der Waals surface area contributed by atoms with Crippen LogP contribution in [0.4, 0.5) is 0 Å². The summed E-state index contributed by atoms with van der Waals surface area (Å²) >= 11 is 0. The first kappa shape index (κ1) is 29.2. The molecule has 1 unspecified atom stereocenters. The van der Waals surface area contributed by atoms with Crippen LogP contribution in [-0.2, 0) is 16.2 Å². The predicted molar refractivity (Wildman–Crippen MR) is 164 cm³/mol. The number of carbonyl (C=O) groups is 2. The van der Waals surface area contributed by atoms with Gasteiger partial charge < -0.3 is 9.40 Å². The smallest absolute Gasteiger partial charge is 0.341 e. The van der Waals surface area contributed by atoms with Crippen LogP contribution in [0, 0.1) is 12.8 Å². The lowest BCUT2D eigenvalue weighted by atomic mass is 9.86. The van der Waals surface area contributed by atoms with Crippen LogP contribution in [0.3, 0.4) is 0 Å². The SMILES string of the molecule is CCN(CC)C(C)(C(=O)ON=C(C)c1ccc2c(c1)c1cc(C(=O)c3ccccc3C)ccc1n2CC)C(C)C. The van der Waals surface area contributed by atoms with Crippen LogP contribution < -0.4 is 0 Å². The first-order valence-corrected chi connectivity index (χ1v) is 14.3. The van der Waals surface area contributed by atoms with Gasteiger partial charge in [-0.05, 0) is 88.2 Å². The van der Waals surface area contributed by atoms with Crippen molar-refractivity contribution >= 4 is 39.3 Å². The molecule has 1 heterocycles. The number of rotatable bonds is 10. The van der Waals surface area contributed by atoms with Crippen molar-refractivity contribution in [3.8, 4) is 0 Å². The Morgan fingerprint density at radius 2 is 1.50 bits per heavy atom. The van der Waals surface area contributed by atoms with Gasteiger partial charge in [0.15, 0.2) is 5.78 Å². The number of oxime groups is 1. The van der Waals surface area contributed by atoms with Gasteiger partial charge in [0.2, 0.25) is 0 Å². The van der Waals surface area contributed by atoms with Gasteiger partial charge in [-0.15, -0.1) is 0 Å². The van der Waals surface area contributed by atoms with E-state index in [4.69, 9.17) is 4.84 Å². The van der Waals surface area contributed by atoms with Crippen molar-refractivity contribution in [3.63, 3.8) is 0 Å². The van der Waals surface area contributed by atoms with Crippen LogP contribution in [0.15, 0.2) is 65.8 Å². The number of fused-ring (bicyclic) bond motifs is 3. The number of hydrogen-bond donors (Lipinski definition) is 0. The second-order valence-electron chi connectivity index (χ2n) is 10.9. The Hall–Kier alpha value is -3.77. The molecule has 0 N–H and O–H groups in total. The predicted octanol–water partition coefficient (Wildman–Crippen LogP) is 7.38. The average Bonchev–Trinajstić information content (AvgIpc) is 3.28. The summed E-state index contributed by atoms with van der Waals surface area (Å²) in [5.74, 6) is -0.281. The second-order valence-corrected chi connectivity index (χ2v) is 10.9. The number of nitrogens with zero attached hydrogens (tertiary/aromatic N) is 3. The van der Waals surface area contributed by atoms with Crippen LogP contribution in [0.25, 0.3) is 21.8 Å². The van der Waals surface area contributed by atoms with Gasteiger partial charge in [0.25, 0.3) is 0 Å². The van der Waals surface area contributed by atoms with E-state index in [2.05, 4.69) is 33.7 Å². The third kappa shape index (κ3) is 5.08. The molecule has 0 saturated heterocycles. The number of ketones is 1. The highest BCUT2D eigenvalue weighted by Crippen LogP contribution is 2.32. The van der Waals surface area contributed by atoms with Crippen molar-refractivity contribution in [1.82, 2.24) is 9.47 Å². The highest BCUT2D eigenvalue weighted by atomic mass is 16.7. The lowest BCUT2D eigenvalue weighted by Gasteiger charge is -2.40. The third-order valence-electron chi connectivity index (χ3n) is 8.47. The first-order chi connectivity index (χ1) is 19.1. The molecule has 0 amide bonds. The standard InChI is InChI=1S/C34H41N3O3/c1-9-36(10-2)34(8,22(4)5)33(39)40-35-24(7)25-16-18-30-28(20-25)29-21-26(17-19-31(29)37(30)11-3)32(38)27-15-13-12-14-23(27)6/h12-22H,9-11H2,1-8H3. The molecule has 0 aliphatic carbocycles. The third-order valence-corrected chi connectivity index (χ3v) is 8.47. The Kier molecular flexibility index (Phi) is 8.59. The molecule has 1 aromatic heterocycles. The Morgan fingerprint density at radius 3 is 2.05 bits per heavy atom. The molecule has 0 aliphatic rings. The molecule has 0 radical (unpaired) electrons. The average molecular weight is 540 g/mol. The number of aryl methyl sites for hydroxylation is 2. The van der Waals surface area contributed by atoms with Gasteiger partial charge in [0.05, 0.1) is 5.71 Å². The largest absolute Gasteiger partial charge is 0.355 e. The van der Waals surface area contributed by atoms with E-state index in [1.54, 1.807) is 0 Å². The van der Waals surface area contributed by atoms with Crippen molar-refractivity contribution in [3.05, 3.63) is 82.9 Å². The Morgan fingerprint density at radius 1 is 0.925 bits per heavy atom. The first-order valence-electron chi connectivity index (χ1n) is 14.3. The van der Waals surface area contributed by atoms with E-state index < -0.39 is 5.54 Å². The summed E-state index contributed by atoms with van der Waals surface area (Å²) in [6.07, 6.45) is 0. The van der Waals surface area contributed by atoms with Gasteiger partial charge in [0.1, 0.15) is 5.54 Å². The van der Waals surface area contributed by atoms with Gasteiger partial charge in [0, 0.05) is 39.5 Å². The van der Waals surface area contributed by atoms with E-state index in [0.717, 1.165) is 52.6 Å². The maximum Gasteiger partial charge on any atom is 0.355 e. The van der Waals surface area contributed by atoms with E-state index in [-0.39, 0.29) is 17.7 Å². The highest BCUT2D eigenvalue weighted by Gasteiger charge is 2.43. The van der Waals surface area contributed by atoms with Crippen molar-refractivity contribution in [2.45, 2.75) is 67.5 Å². The second kappa shape index (κ2) is 11.8. The topological polar surface area (TPSA) is 63.9 Å². The monoisotopic (exact) mass is 539 g/mol. The maximum absolute atomic E-state index is 13.4. The van der Waals surface area contributed by atoms with Gasteiger partial charge >= 0.3 is 5.97 Å². The zero-order valence-corrected chi connectivity index (χ0v) is 25.0. The lowest BCUT2D eigenvalue weighted by molar-refractivity contribution is -0.160. The van der Waals surface area contributed by atoms with E-state index in [0.29, 0.717) is 16.8 Å². The molecular weight excluding hydrogens is 498 g/mol. The number of hydrogen-bond acceptors (Lipinski definition) is 5. The molecular formula is C34H41N3O3. The highest BCUT2D eigenvalue weighted by molar-refractivity contribution is 6.16. The Labute approximate surface area is 237 Å². The van der Waals surface area contributed by atoms with Crippen LogP contribution in [0.5, 0.6) is 0 Å². The molecule has 1 atom stereocenters. The fourth-order valence-corrected chi connectivity index (χ4v) is 5.66. The summed E-state index contributed by atoms with van der Waals surface area (Å²) in [7, 11) is 0. The molecule has 0 fully saturated rings. The molecule has 3 aromatic carbocycles. The number of likely N-dealkylation sites (N-methyl/N-ethyl adjacent to an activating group) is 1. The molecule has 210 valence electrons. The molecule has 0 spiro atoms. The van der Waals surface area contributed by atoms with E-state index in [1.165, 1.54) is 0 Å². The Bertz CT molecular complexity index is 1590. The van der Waals surface area contributed by atoms with Crippen molar-refractivity contribution < 1.29 is 14.4 Å². The number of carbonyl (C=O) groups excluding carboxylic acids is 2. The molecule has 4 rings (SSSR count). The molecule has 0 aliphatic heterocycles. The van der Waals surface area contributed by atoms with Gasteiger partial charge in [-0.25, -0.2) is 4.79 Å². The zero-order chi connectivity index (χ0) is 29.2. The molecule has 6 heteroatoms. The normalized spacial score (nSPS) is 13.8. The van der Waals surface area contributed by atoms with Crippen molar-refractivity contribution in [2.24, 2.45) is 11.1 Å². The van der Waals surface area contributed by atoms with Crippen LogP contribution in [-0.4, -0.2) is 45.6 Å². The molecule has 6 nitrogen and oxygen atoms in total. The molecule has 40 heavy (non-hydrogen) atoms. The lowest BCUT2D eigenvalue weighted by Crippen LogP contribution is -2.56. The summed E-state index contributed by atoms with van der Waals surface area (Å²) in [5.41, 5.74) is 5.19. The maximum atomic E-state index is 13.4. The fraction of sp³-hybridized carbons (Fsp3) is 0.382. The van der Waals surface area contributed by atoms with Gasteiger partial charge in [-0.1, -0.05) is 63.2 Å². The van der Waals surface area contributed by atoms with Gasteiger partial charge in [-0.2, -0.15) is 0 Å². The minimum Gasteiger partial charge on any atom is -0.341 e. The van der Waals surface area contributed by atoms with Crippen LogP contribution >= 0.6 is 0 Å². The molecule has 0 saturated carbocycles. The zero-order valence-electron chi connectivity index (χ0n) is 25.0. The summed E-state index contributed by atoms with van der Waals surface area (Å²) in [6.45, 7) is 18.3. The van der Waals surface area contributed by atoms with E-state index in [9.17, 15) is 9.59 Å².